The lowest BCUT2D eigenvalue weighted by atomic mass is 9.99. The van der Waals surface area contributed by atoms with Gasteiger partial charge < -0.3 is 31.1 Å². The van der Waals surface area contributed by atoms with Crippen LogP contribution in [0.4, 0.5) is 4.79 Å². The number of nitrogens with zero attached hydrogens (tertiary/aromatic N) is 1. The zero-order valence-electron chi connectivity index (χ0n) is 24.4. The monoisotopic (exact) mass is 548 g/mol. The number of rotatable bonds is 16. The van der Waals surface area contributed by atoms with Gasteiger partial charge in [-0.25, -0.2) is 4.79 Å². The van der Waals surface area contributed by atoms with E-state index in [-0.39, 0.29) is 23.9 Å². The number of ether oxygens (including phenoxy) is 1. The maximum atomic E-state index is 14.0. The molecule has 10 heteroatoms. The number of nitrogens with two attached hydrogens (primary N) is 1. The molecule has 0 radical (unpaired) electrons. The molecule has 0 saturated heterocycles. The highest BCUT2D eigenvalue weighted by molar-refractivity contribution is 5.94. The highest BCUT2D eigenvalue weighted by atomic mass is 16.6. The van der Waals surface area contributed by atoms with Gasteiger partial charge in [-0.2, -0.15) is 0 Å². The van der Waals surface area contributed by atoms with Crippen LogP contribution in [0.15, 0.2) is 24.3 Å². The summed E-state index contributed by atoms with van der Waals surface area (Å²) in [5.74, 6) is -2.07. The number of phenolic OH excluding ortho intramolecular Hbond substituents is 1. The molecule has 0 aliphatic carbocycles. The fourth-order valence-corrected chi connectivity index (χ4v) is 4.30. The highest BCUT2D eigenvalue weighted by Crippen LogP contribution is 2.30. The van der Waals surface area contributed by atoms with E-state index in [2.05, 4.69) is 17.6 Å². The molecule has 0 aliphatic rings. The standard InChI is InChI=1S/C29H48N4O6/c1-7-9-10-11-14-18-33(27(37)22(19-24(30)35)32-28(38)39-29(4,5)6)25(21-16-12-13-17-23(21)34)26(36)31-20(3)15-8-2/h12-13,16-17,20,22,25,34H,7-11,14-15,18-19H2,1-6H3,(H2,30,35)(H,31,36)(H,32,38). The van der Waals surface area contributed by atoms with Crippen molar-refractivity contribution in [3.05, 3.63) is 29.8 Å². The first-order valence-electron chi connectivity index (χ1n) is 14.0. The van der Waals surface area contributed by atoms with E-state index < -0.39 is 47.9 Å². The highest BCUT2D eigenvalue weighted by Gasteiger charge is 2.38. The molecule has 0 aromatic heterocycles. The number of carbonyl (C=O) groups excluding carboxylic acids is 4. The summed E-state index contributed by atoms with van der Waals surface area (Å²) in [6.45, 7) is 11.2. The summed E-state index contributed by atoms with van der Waals surface area (Å²) in [5.41, 5.74) is 4.85. The number of aromatic hydroxyl groups is 1. The summed E-state index contributed by atoms with van der Waals surface area (Å²) in [4.78, 5) is 53.6. The summed E-state index contributed by atoms with van der Waals surface area (Å²) in [7, 11) is 0. The number of alkyl carbamates (subject to hydrolysis) is 1. The first kappa shape index (κ1) is 33.7. The molecule has 3 unspecified atom stereocenters. The van der Waals surface area contributed by atoms with Crippen LogP contribution in [0.1, 0.15) is 105 Å². The van der Waals surface area contributed by atoms with Crippen LogP contribution in [-0.4, -0.2) is 58.1 Å². The van der Waals surface area contributed by atoms with Gasteiger partial charge in [-0.05, 0) is 46.6 Å². The lowest BCUT2D eigenvalue weighted by Gasteiger charge is -2.35. The molecule has 1 aromatic rings. The minimum atomic E-state index is -1.36. The number of phenols is 1. The van der Waals surface area contributed by atoms with E-state index in [1.165, 1.54) is 11.0 Å². The Bertz CT molecular complexity index is 946. The molecule has 0 aliphatic heterocycles. The number of carbonyl (C=O) groups is 4. The van der Waals surface area contributed by atoms with Gasteiger partial charge in [-0.1, -0.05) is 64.2 Å². The van der Waals surface area contributed by atoms with Gasteiger partial charge in [-0.15, -0.1) is 0 Å². The average Bonchev–Trinajstić information content (AvgIpc) is 2.81. The van der Waals surface area contributed by atoms with Crippen molar-refractivity contribution in [3.63, 3.8) is 0 Å². The molecule has 10 nitrogen and oxygen atoms in total. The van der Waals surface area contributed by atoms with Crippen LogP contribution in [0.5, 0.6) is 5.75 Å². The molecule has 0 heterocycles. The van der Waals surface area contributed by atoms with E-state index in [9.17, 15) is 24.3 Å². The Kier molecular flexibility index (Phi) is 14.4. The van der Waals surface area contributed by atoms with Crippen molar-refractivity contribution >= 4 is 23.8 Å². The molecule has 0 saturated carbocycles. The smallest absolute Gasteiger partial charge is 0.408 e. The molecular weight excluding hydrogens is 500 g/mol. The van der Waals surface area contributed by atoms with Crippen LogP contribution in [-0.2, 0) is 19.1 Å². The third kappa shape index (κ3) is 12.4. The molecule has 0 fully saturated rings. The summed E-state index contributed by atoms with van der Waals surface area (Å²) in [6.07, 6.45) is 4.66. The SMILES string of the molecule is CCCCCCCN(C(=O)C(CC(N)=O)NC(=O)OC(C)(C)C)C(C(=O)NC(C)CCC)c1ccccc1O. The Morgan fingerprint density at radius 3 is 2.21 bits per heavy atom. The molecule has 0 spiro atoms. The van der Waals surface area contributed by atoms with Gasteiger partial charge in [0, 0.05) is 18.2 Å². The van der Waals surface area contributed by atoms with Crippen molar-refractivity contribution in [1.29, 1.82) is 0 Å². The van der Waals surface area contributed by atoms with E-state index in [0.29, 0.717) is 6.42 Å². The Labute approximate surface area is 233 Å². The van der Waals surface area contributed by atoms with Crippen molar-refractivity contribution in [2.45, 2.75) is 117 Å². The minimum Gasteiger partial charge on any atom is -0.508 e. The van der Waals surface area contributed by atoms with Crippen molar-refractivity contribution in [1.82, 2.24) is 15.5 Å². The third-order valence-corrected chi connectivity index (χ3v) is 6.08. The van der Waals surface area contributed by atoms with Crippen molar-refractivity contribution in [2.24, 2.45) is 5.73 Å². The lowest BCUT2D eigenvalue weighted by Crippen LogP contribution is -2.54. The molecule has 4 amide bonds. The largest absolute Gasteiger partial charge is 0.508 e. The fourth-order valence-electron chi connectivity index (χ4n) is 4.30. The van der Waals surface area contributed by atoms with Crippen molar-refractivity contribution in [2.75, 3.05) is 6.54 Å². The fraction of sp³-hybridized carbons (Fsp3) is 0.655. The van der Waals surface area contributed by atoms with Crippen molar-refractivity contribution < 1.29 is 29.0 Å². The maximum Gasteiger partial charge on any atom is 0.408 e. The quantitative estimate of drug-likeness (QED) is 0.226. The molecule has 0 bridgehead atoms. The molecule has 220 valence electrons. The predicted molar refractivity (Wildman–Crippen MR) is 151 cm³/mol. The van der Waals surface area contributed by atoms with Crippen LogP contribution in [0, 0.1) is 0 Å². The molecule has 3 atom stereocenters. The Morgan fingerprint density at radius 1 is 1.00 bits per heavy atom. The Hall–Kier alpha value is -3.30. The predicted octanol–water partition coefficient (Wildman–Crippen LogP) is 4.31. The number of amides is 4. The van der Waals surface area contributed by atoms with E-state index >= 15 is 0 Å². The number of hydrogen-bond acceptors (Lipinski definition) is 6. The van der Waals surface area contributed by atoms with E-state index in [1.807, 2.05) is 13.8 Å². The zero-order valence-corrected chi connectivity index (χ0v) is 24.4. The maximum absolute atomic E-state index is 14.0. The van der Waals surface area contributed by atoms with Crippen LogP contribution in [0.3, 0.4) is 0 Å². The van der Waals surface area contributed by atoms with E-state index in [1.54, 1.807) is 39.0 Å². The number of para-hydroxylation sites is 1. The Morgan fingerprint density at radius 2 is 1.64 bits per heavy atom. The summed E-state index contributed by atoms with van der Waals surface area (Å²) >= 11 is 0. The van der Waals surface area contributed by atoms with Gasteiger partial charge >= 0.3 is 6.09 Å². The summed E-state index contributed by atoms with van der Waals surface area (Å²) in [5, 5.41) is 16.1. The van der Waals surface area contributed by atoms with Gasteiger partial charge in [0.15, 0.2) is 0 Å². The van der Waals surface area contributed by atoms with Crippen LogP contribution in [0.2, 0.25) is 0 Å². The molecule has 5 N–H and O–H groups in total. The van der Waals surface area contributed by atoms with E-state index in [4.69, 9.17) is 10.5 Å². The number of primary amides is 1. The second-order valence-corrected chi connectivity index (χ2v) is 11.0. The lowest BCUT2D eigenvalue weighted by molar-refractivity contribution is -0.143. The van der Waals surface area contributed by atoms with Crippen molar-refractivity contribution in [3.8, 4) is 5.75 Å². The molecule has 39 heavy (non-hydrogen) atoms. The Balaban J connectivity index is 3.51. The third-order valence-electron chi connectivity index (χ3n) is 6.08. The van der Waals surface area contributed by atoms with Crippen LogP contribution >= 0.6 is 0 Å². The zero-order chi connectivity index (χ0) is 29.6. The van der Waals surface area contributed by atoms with E-state index in [0.717, 1.165) is 38.5 Å². The molecule has 1 aromatic carbocycles. The topological polar surface area (TPSA) is 151 Å². The van der Waals surface area contributed by atoms with Gasteiger partial charge in [0.05, 0.1) is 6.42 Å². The number of hydrogen-bond donors (Lipinski definition) is 4. The van der Waals surface area contributed by atoms with Gasteiger partial charge in [0.1, 0.15) is 23.4 Å². The summed E-state index contributed by atoms with van der Waals surface area (Å²) in [6, 6.07) is 3.63. The molecule has 1 rings (SSSR count). The van der Waals surface area contributed by atoms with Crippen LogP contribution in [0.25, 0.3) is 0 Å². The van der Waals surface area contributed by atoms with Gasteiger partial charge in [0.25, 0.3) is 0 Å². The number of benzene rings is 1. The number of unbranched alkanes of at least 4 members (excludes halogenated alkanes) is 4. The second-order valence-electron chi connectivity index (χ2n) is 11.0. The first-order valence-corrected chi connectivity index (χ1v) is 14.0. The van der Waals surface area contributed by atoms with Gasteiger partial charge in [0.2, 0.25) is 17.7 Å². The average molecular weight is 549 g/mol. The summed E-state index contributed by atoms with van der Waals surface area (Å²) < 4.78 is 5.30. The minimum absolute atomic E-state index is 0.142. The van der Waals surface area contributed by atoms with Crippen LogP contribution < -0.4 is 16.4 Å². The first-order chi connectivity index (χ1) is 18.3. The number of nitrogens with one attached hydrogen (secondary N) is 2. The molecular formula is C29H48N4O6. The normalized spacial score (nSPS) is 13.6. The van der Waals surface area contributed by atoms with Gasteiger partial charge in [-0.3, -0.25) is 14.4 Å². The second kappa shape index (κ2) is 16.6.